The van der Waals surface area contributed by atoms with Crippen LogP contribution in [0.1, 0.15) is 80.2 Å². The van der Waals surface area contributed by atoms with Crippen LogP contribution >= 0.6 is 0 Å². The Morgan fingerprint density at radius 2 is 1.60 bits per heavy atom. The van der Waals surface area contributed by atoms with Crippen LogP contribution in [-0.2, 0) is 30.1 Å². The number of carbonyl (C=O) groups excluding carboxylic acids is 2. The largest absolute Gasteiger partial charge is 0.457 e. The summed E-state index contributed by atoms with van der Waals surface area (Å²) in [5, 5.41) is 0. The number of hydrogen-bond donors (Lipinski definition) is 0. The molecular weight excluding hydrogens is 456 g/mol. The molecular formula is C29H44O5Si. The Kier molecular flexibility index (Phi) is 6.91. The number of benzene rings is 1. The van der Waals surface area contributed by atoms with Crippen LogP contribution < -0.4 is 0 Å². The van der Waals surface area contributed by atoms with Crippen LogP contribution in [0.4, 0.5) is 0 Å². The molecule has 5 nitrogen and oxygen atoms in total. The predicted molar refractivity (Wildman–Crippen MR) is 139 cm³/mol. The zero-order chi connectivity index (χ0) is 25.8. The molecule has 3 fully saturated rings. The van der Waals surface area contributed by atoms with Crippen LogP contribution in [0.15, 0.2) is 30.3 Å². The summed E-state index contributed by atoms with van der Waals surface area (Å²) in [6.07, 6.45) is 1.22. The minimum atomic E-state index is -2.14. The van der Waals surface area contributed by atoms with E-state index in [1.807, 2.05) is 37.3 Å². The van der Waals surface area contributed by atoms with Gasteiger partial charge in [-0.2, -0.15) is 0 Å². The zero-order valence-corrected chi connectivity index (χ0v) is 23.9. The van der Waals surface area contributed by atoms with Gasteiger partial charge in [-0.25, -0.2) is 0 Å². The van der Waals surface area contributed by atoms with Gasteiger partial charge in [-0.05, 0) is 35.0 Å². The normalized spacial score (nSPS) is 34.7. The van der Waals surface area contributed by atoms with Gasteiger partial charge in [0.05, 0.1) is 31.2 Å². The third-order valence-corrected chi connectivity index (χ3v) is 16.1. The van der Waals surface area contributed by atoms with E-state index in [4.69, 9.17) is 13.9 Å². The summed E-state index contributed by atoms with van der Waals surface area (Å²) in [4.78, 5) is 26.4. The van der Waals surface area contributed by atoms with Crippen molar-refractivity contribution >= 4 is 20.1 Å². The maximum atomic E-state index is 13.6. The summed E-state index contributed by atoms with van der Waals surface area (Å²) in [5.41, 5.74) is 0.218. The van der Waals surface area contributed by atoms with Crippen molar-refractivity contribution in [3.63, 3.8) is 0 Å². The van der Waals surface area contributed by atoms with E-state index in [2.05, 4.69) is 48.5 Å². The molecule has 1 aromatic rings. The molecule has 1 aliphatic heterocycles. The fourth-order valence-electron chi connectivity index (χ4n) is 8.24. The van der Waals surface area contributed by atoms with Crippen LogP contribution in [0.5, 0.6) is 0 Å². The van der Waals surface area contributed by atoms with Gasteiger partial charge in [0.15, 0.2) is 0 Å². The number of esters is 1. The van der Waals surface area contributed by atoms with Gasteiger partial charge in [-0.1, -0.05) is 78.8 Å². The molecule has 2 saturated carbocycles. The molecule has 0 amide bonds. The molecule has 0 bridgehead atoms. The number of Topliss-reactive ketones (excluding diaryl/α,β-unsaturated/α-hetero) is 1. The van der Waals surface area contributed by atoms with Crippen LogP contribution in [-0.4, -0.2) is 38.4 Å². The molecule has 0 unspecified atom stereocenters. The maximum absolute atomic E-state index is 13.6. The molecule has 1 heterocycles. The lowest BCUT2D eigenvalue weighted by Crippen LogP contribution is -2.53. The third kappa shape index (κ3) is 3.69. The fraction of sp³-hybridized carbons (Fsp3) is 0.724. The van der Waals surface area contributed by atoms with Gasteiger partial charge in [0.25, 0.3) is 0 Å². The number of ether oxygens (including phenoxy) is 2. The van der Waals surface area contributed by atoms with Crippen molar-refractivity contribution in [2.45, 2.75) is 110 Å². The summed E-state index contributed by atoms with van der Waals surface area (Å²) in [6, 6.07) is 9.99. The number of carbonyl (C=O) groups is 2. The van der Waals surface area contributed by atoms with Crippen molar-refractivity contribution in [1.29, 1.82) is 0 Å². The van der Waals surface area contributed by atoms with Crippen molar-refractivity contribution in [3.8, 4) is 0 Å². The molecule has 6 heteroatoms. The first kappa shape index (κ1) is 26.6. The van der Waals surface area contributed by atoms with Crippen LogP contribution in [0.25, 0.3) is 0 Å². The molecule has 35 heavy (non-hydrogen) atoms. The highest BCUT2D eigenvalue weighted by atomic mass is 28.4. The summed E-state index contributed by atoms with van der Waals surface area (Å²) >= 11 is 0. The summed E-state index contributed by atoms with van der Waals surface area (Å²) in [7, 11) is -2.14. The van der Waals surface area contributed by atoms with E-state index >= 15 is 0 Å². The highest BCUT2D eigenvalue weighted by Crippen LogP contribution is 2.72. The fourth-order valence-corrected chi connectivity index (χ4v) is 13.9. The van der Waals surface area contributed by atoms with Crippen molar-refractivity contribution in [2.75, 3.05) is 6.61 Å². The SMILES string of the molecule is CC(C)[Si](O[C@@H]1C[C@]23OC(=O)C[C@]2(CC(=O)[C@]3(C)COCc2ccccc2)[C@@H]1C)(C(C)C)C(C)C. The molecule has 5 atom stereocenters. The molecule has 0 N–H and O–H groups in total. The molecule has 4 rings (SSSR count). The molecule has 0 radical (unpaired) electrons. The molecule has 2 aliphatic carbocycles. The first-order valence-electron chi connectivity index (χ1n) is 13.4. The van der Waals surface area contributed by atoms with E-state index in [1.54, 1.807) is 0 Å². The Morgan fingerprint density at radius 3 is 2.17 bits per heavy atom. The van der Waals surface area contributed by atoms with Gasteiger partial charge >= 0.3 is 5.97 Å². The van der Waals surface area contributed by atoms with Gasteiger partial charge in [-0.3, -0.25) is 9.59 Å². The average Bonchev–Trinajstić information content (AvgIpc) is 3.25. The second-order valence-corrected chi connectivity index (χ2v) is 17.9. The second-order valence-electron chi connectivity index (χ2n) is 12.5. The molecule has 0 spiro atoms. The zero-order valence-electron chi connectivity index (χ0n) is 22.9. The van der Waals surface area contributed by atoms with E-state index in [-0.39, 0.29) is 30.4 Å². The summed E-state index contributed by atoms with van der Waals surface area (Å²) in [6.45, 7) is 18.6. The topological polar surface area (TPSA) is 61.8 Å². The average molecular weight is 501 g/mol. The maximum Gasteiger partial charge on any atom is 0.307 e. The standard InChI is InChI=1S/C29H44O5Si/c1-19(2)35(20(3)4,21(5)6)34-24-14-29-27(8,18-32-17-23-12-10-9-11-13-23)25(30)15-28(29,22(24)7)16-26(31)33-29/h9-13,19-22,24H,14-18H2,1-8H3/t22-,24-,27+,28-,29-/m1/s1. The Morgan fingerprint density at radius 1 is 1.00 bits per heavy atom. The monoisotopic (exact) mass is 500 g/mol. The first-order chi connectivity index (χ1) is 16.4. The van der Waals surface area contributed by atoms with Gasteiger partial charge in [0.1, 0.15) is 11.4 Å². The van der Waals surface area contributed by atoms with E-state index in [0.29, 0.717) is 42.5 Å². The van der Waals surface area contributed by atoms with E-state index in [1.165, 1.54) is 0 Å². The number of rotatable bonds is 9. The van der Waals surface area contributed by atoms with E-state index in [0.717, 1.165) is 5.56 Å². The minimum Gasteiger partial charge on any atom is -0.457 e. The lowest BCUT2D eigenvalue weighted by Gasteiger charge is -2.45. The van der Waals surface area contributed by atoms with Gasteiger partial charge < -0.3 is 13.9 Å². The van der Waals surface area contributed by atoms with E-state index in [9.17, 15) is 9.59 Å². The van der Waals surface area contributed by atoms with Crippen LogP contribution in [0.2, 0.25) is 16.6 Å². The van der Waals surface area contributed by atoms with Crippen molar-refractivity contribution in [1.82, 2.24) is 0 Å². The Balaban J connectivity index is 1.66. The third-order valence-electron chi connectivity index (χ3n) is 10.0. The smallest absolute Gasteiger partial charge is 0.307 e. The number of hydrogen-bond acceptors (Lipinski definition) is 5. The van der Waals surface area contributed by atoms with Crippen molar-refractivity contribution in [2.24, 2.45) is 16.7 Å². The first-order valence-corrected chi connectivity index (χ1v) is 15.5. The summed E-state index contributed by atoms with van der Waals surface area (Å²) in [5.74, 6) is 0.0394. The summed E-state index contributed by atoms with van der Waals surface area (Å²) < 4.78 is 19.7. The number of ketones is 1. The van der Waals surface area contributed by atoms with Gasteiger partial charge in [0.2, 0.25) is 8.32 Å². The van der Waals surface area contributed by atoms with Gasteiger partial charge in [0, 0.05) is 18.3 Å². The van der Waals surface area contributed by atoms with Crippen molar-refractivity contribution < 1.29 is 23.5 Å². The Labute approximate surface area is 212 Å². The van der Waals surface area contributed by atoms with E-state index < -0.39 is 24.7 Å². The van der Waals surface area contributed by atoms with Crippen LogP contribution in [0.3, 0.4) is 0 Å². The quantitative estimate of drug-likeness (QED) is 0.288. The van der Waals surface area contributed by atoms with Crippen molar-refractivity contribution in [3.05, 3.63) is 35.9 Å². The van der Waals surface area contributed by atoms with Crippen LogP contribution in [0, 0.1) is 16.7 Å². The molecule has 194 valence electrons. The highest BCUT2D eigenvalue weighted by Gasteiger charge is 2.81. The molecule has 0 aromatic heterocycles. The lowest BCUT2D eigenvalue weighted by atomic mass is 9.65. The molecule has 1 aromatic carbocycles. The lowest BCUT2D eigenvalue weighted by molar-refractivity contribution is -0.172. The Hall–Kier alpha value is -1.50. The molecule has 3 aliphatic rings. The minimum absolute atomic E-state index is 0.0245. The Bertz CT molecular complexity index is 937. The molecule has 1 saturated heterocycles. The van der Waals surface area contributed by atoms with Gasteiger partial charge in [-0.15, -0.1) is 0 Å². The second kappa shape index (κ2) is 9.11. The highest BCUT2D eigenvalue weighted by molar-refractivity contribution is 6.77. The predicted octanol–water partition coefficient (Wildman–Crippen LogP) is 6.45.